The quantitative estimate of drug-likeness (QED) is 0.371. The molecule has 4 aromatic rings. The first kappa shape index (κ1) is 18.1. The molecule has 0 saturated heterocycles. The van der Waals surface area contributed by atoms with Crippen LogP contribution in [0.2, 0.25) is 0 Å². The van der Waals surface area contributed by atoms with Gasteiger partial charge < -0.3 is 4.42 Å². The molecule has 2 aromatic carbocycles. The number of furan rings is 1. The normalized spacial score (nSPS) is 10.6. The van der Waals surface area contributed by atoms with E-state index in [2.05, 4.69) is 25.1 Å². The summed E-state index contributed by atoms with van der Waals surface area (Å²) in [5.74, 6) is 0.761. The van der Waals surface area contributed by atoms with Gasteiger partial charge in [0.2, 0.25) is 0 Å². The predicted octanol–water partition coefficient (Wildman–Crippen LogP) is 6.48. The Balaban J connectivity index is 1.81. The maximum absolute atomic E-state index is 9.88. The summed E-state index contributed by atoms with van der Waals surface area (Å²) >= 11 is 1.59. The van der Waals surface area contributed by atoms with Gasteiger partial charge in [-0.05, 0) is 30.2 Å². The number of rotatable bonds is 5. The molecule has 28 heavy (non-hydrogen) atoms. The van der Waals surface area contributed by atoms with Gasteiger partial charge in [-0.2, -0.15) is 5.26 Å². The number of hydrogen-bond acceptors (Lipinski definition) is 4. The Hall–Kier alpha value is -3.29. The average Bonchev–Trinajstić information content (AvgIpc) is 3.28. The summed E-state index contributed by atoms with van der Waals surface area (Å²) in [4.78, 5) is 4.84. The smallest absolute Gasteiger partial charge is 0.115 e. The van der Waals surface area contributed by atoms with Crippen molar-refractivity contribution >= 4 is 11.8 Å². The Morgan fingerprint density at radius 3 is 2.50 bits per heavy atom. The van der Waals surface area contributed by atoms with E-state index in [4.69, 9.17) is 9.40 Å². The Morgan fingerprint density at radius 1 is 1.00 bits per heavy atom. The van der Waals surface area contributed by atoms with Gasteiger partial charge >= 0.3 is 0 Å². The Morgan fingerprint density at radius 2 is 1.79 bits per heavy atom. The number of hydrogen-bond donors (Lipinski definition) is 0. The van der Waals surface area contributed by atoms with Gasteiger partial charge in [-0.15, -0.1) is 11.8 Å². The summed E-state index contributed by atoms with van der Waals surface area (Å²) < 4.78 is 5.26. The zero-order chi connectivity index (χ0) is 19.3. The van der Waals surface area contributed by atoms with Gasteiger partial charge in [-0.1, -0.05) is 54.6 Å². The van der Waals surface area contributed by atoms with Gasteiger partial charge in [0.25, 0.3) is 0 Å². The van der Waals surface area contributed by atoms with Crippen molar-refractivity contribution in [2.45, 2.75) is 17.7 Å². The highest BCUT2D eigenvalue weighted by molar-refractivity contribution is 7.98. The molecular weight excluding hydrogens is 364 g/mol. The van der Waals surface area contributed by atoms with Gasteiger partial charge in [0.15, 0.2) is 0 Å². The molecule has 0 amide bonds. The van der Waals surface area contributed by atoms with Crippen LogP contribution in [0.1, 0.15) is 16.7 Å². The molecule has 3 nitrogen and oxygen atoms in total. The summed E-state index contributed by atoms with van der Waals surface area (Å²) in [5.41, 5.74) is 6.67. The molecule has 0 spiro atoms. The summed E-state index contributed by atoms with van der Waals surface area (Å²) in [5, 5.41) is 10.6. The Bertz CT molecular complexity index is 1130. The van der Waals surface area contributed by atoms with Gasteiger partial charge in [-0.3, -0.25) is 0 Å². The number of aryl methyl sites for hydroxylation is 1. The number of thioether (sulfide) groups is 1. The van der Waals surface area contributed by atoms with Crippen molar-refractivity contribution < 1.29 is 4.42 Å². The first-order valence-corrected chi connectivity index (χ1v) is 9.95. The third kappa shape index (κ3) is 3.71. The highest BCUT2D eigenvalue weighted by atomic mass is 32.2. The predicted molar refractivity (Wildman–Crippen MR) is 113 cm³/mol. The van der Waals surface area contributed by atoms with Crippen LogP contribution in [0.5, 0.6) is 0 Å². The van der Waals surface area contributed by atoms with E-state index in [9.17, 15) is 5.26 Å². The molecule has 0 atom stereocenters. The largest absolute Gasteiger partial charge is 0.472 e. The lowest BCUT2D eigenvalue weighted by Crippen LogP contribution is -1.96. The van der Waals surface area contributed by atoms with Crippen molar-refractivity contribution in [2.24, 2.45) is 0 Å². The van der Waals surface area contributed by atoms with Crippen LogP contribution in [-0.4, -0.2) is 4.98 Å². The van der Waals surface area contributed by atoms with E-state index in [1.54, 1.807) is 24.3 Å². The van der Waals surface area contributed by atoms with Crippen LogP contribution in [0.4, 0.5) is 0 Å². The SMILES string of the molecule is Cc1ccccc1CSc1nc(-c2ccccc2)cc(-c2ccoc2)c1C#N. The van der Waals surface area contributed by atoms with Gasteiger partial charge in [0, 0.05) is 22.4 Å². The van der Waals surface area contributed by atoms with Gasteiger partial charge in [-0.25, -0.2) is 4.98 Å². The molecular formula is C24H18N2OS. The lowest BCUT2D eigenvalue weighted by atomic mass is 10.0. The lowest BCUT2D eigenvalue weighted by Gasteiger charge is -2.12. The summed E-state index contributed by atoms with van der Waals surface area (Å²) in [7, 11) is 0. The second kappa shape index (κ2) is 8.16. The fourth-order valence-electron chi connectivity index (χ4n) is 3.05. The molecule has 2 aromatic heterocycles. The molecule has 4 heteroatoms. The third-order valence-electron chi connectivity index (χ3n) is 4.63. The molecule has 0 bridgehead atoms. The van der Waals surface area contributed by atoms with Gasteiger partial charge in [0.05, 0.1) is 23.8 Å². The zero-order valence-corrected chi connectivity index (χ0v) is 16.2. The number of nitrogens with zero attached hydrogens (tertiary/aromatic N) is 2. The highest BCUT2D eigenvalue weighted by Gasteiger charge is 2.16. The average molecular weight is 382 g/mol. The zero-order valence-electron chi connectivity index (χ0n) is 15.4. The molecule has 0 aliphatic carbocycles. The minimum atomic E-state index is 0.583. The Kier molecular flexibility index (Phi) is 5.27. The number of aromatic nitrogens is 1. The van der Waals surface area contributed by atoms with Crippen LogP contribution >= 0.6 is 11.8 Å². The fraction of sp³-hybridized carbons (Fsp3) is 0.0833. The molecule has 0 fully saturated rings. The summed E-state index contributed by atoms with van der Waals surface area (Å²) in [6, 6.07) is 24.5. The number of pyridine rings is 1. The number of benzene rings is 2. The maximum Gasteiger partial charge on any atom is 0.115 e. The molecule has 0 N–H and O–H groups in total. The highest BCUT2D eigenvalue weighted by Crippen LogP contribution is 2.35. The van der Waals surface area contributed by atoms with Crippen molar-refractivity contribution in [3.8, 4) is 28.5 Å². The molecule has 0 saturated carbocycles. The van der Waals surface area contributed by atoms with E-state index in [-0.39, 0.29) is 0 Å². The molecule has 0 radical (unpaired) electrons. The second-order valence-corrected chi connectivity index (χ2v) is 7.40. The molecule has 2 heterocycles. The lowest BCUT2D eigenvalue weighted by molar-refractivity contribution is 0.568. The monoisotopic (exact) mass is 382 g/mol. The van der Waals surface area contributed by atoms with E-state index >= 15 is 0 Å². The minimum Gasteiger partial charge on any atom is -0.472 e. The van der Waals surface area contributed by atoms with E-state index in [1.165, 1.54) is 11.1 Å². The van der Waals surface area contributed by atoms with Crippen LogP contribution < -0.4 is 0 Å². The van der Waals surface area contributed by atoms with Crippen LogP contribution in [0, 0.1) is 18.3 Å². The topological polar surface area (TPSA) is 49.8 Å². The first-order chi connectivity index (χ1) is 13.8. The second-order valence-electron chi connectivity index (χ2n) is 6.44. The molecule has 0 aliphatic heterocycles. The standard InChI is InChI=1S/C24H18N2OS/c1-17-7-5-6-10-20(17)16-28-24-22(14-25)21(19-11-12-27-15-19)13-23(26-24)18-8-3-2-4-9-18/h2-13,15H,16H2,1H3. The van der Waals surface area contributed by atoms with Crippen LogP contribution in [0.3, 0.4) is 0 Å². The van der Waals surface area contributed by atoms with E-state index in [1.807, 2.05) is 54.6 Å². The van der Waals surface area contributed by atoms with Gasteiger partial charge in [0.1, 0.15) is 11.1 Å². The van der Waals surface area contributed by atoms with Crippen LogP contribution in [0.25, 0.3) is 22.4 Å². The van der Waals surface area contributed by atoms with E-state index in [0.29, 0.717) is 5.56 Å². The summed E-state index contributed by atoms with van der Waals surface area (Å²) in [6.45, 7) is 2.10. The fourth-order valence-corrected chi connectivity index (χ4v) is 4.13. The van der Waals surface area contributed by atoms with E-state index < -0.39 is 0 Å². The molecule has 0 unspecified atom stereocenters. The van der Waals surface area contributed by atoms with Crippen molar-refractivity contribution in [3.63, 3.8) is 0 Å². The summed E-state index contributed by atoms with van der Waals surface area (Å²) in [6.07, 6.45) is 3.29. The first-order valence-electron chi connectivity index (χ1n) is 8.96. The maximum atomic E-state index is 9.88. The van der Waals surface area contributed by atoms with Crippen molar-refractivity contribution in [2.75, 3.05) is 0 Å². The van der Waals surface area contributed by atoms with Crippen molar-refractivity contribution in [1.82, 2.24) is 4.98 Å². The molecule has 4 rings (SSSR count). The van der Waals surface area contributed by atoms with E-state index in [0.717, 1.165) is 33.2 Å². The Labute approximate surface area is 168 Å². The van der Waals surface area contributed by atoms with Crippen molar-refractivity contribution in [1.29, 1.82) is 5.26 Å². The third-order valence-corrected chi connectivity index (χ3v) is 5.65. The number of nitriles is 1. The minimum absolute atomic E-state index is 0.583. The molecule has 136 valence electrons. The molecule has 0 aliphatic rings. The van der Waals surface area contributed by atoms with Crippen molar-refractivity contribution in [3.05, 3.63) is 95.9 Å². The van der Waals surface area contributed by atoms with Crippen LogP contribution in [0.15, 0.2) is 88.7 Å². The van der Waals surface area contributed by atoms with Crippen LogP contribution in [-0.2, 0) is 5.75 Å².